The van der Waals surface area contributed by atoms with Gasteiger partial charge in [-0.05, 0) is 73.0 Å². The minimum atomic E-state index is 0.882. The smallest absolute Gasteiger partial charge is 0.0319 e. The van der Waals surface area contributed by atoms with Crippen LogP contribution in [0.4, 0.5) is 0 Å². The Morgan fingerprint density at radius 2 is 1.10 bits per heavy atom. The third-order valence-electron chi connectivity index (χ3n) is 7.27. The summed E-state index contributed by atoms with van der Waals surface area (Å²) in [6, 6.07) is 0. The Hall–Kier alpha value is 0. The summed E-state index contributed by atoms with van der Waals surface area (Å²) in [6.45, 7) is 14.9. The van der Waals surface area contributed by atoms with Gasteiger partial charge in [-0.1, -0.05) is 60.8 Å². The predicted octanol–water partition coefficient (Wildman–Crippen LogP) is 6.79. The second kappa shape index (κ2) is 7.51. The Balaban J connectivity index is 2.31. The van der Waals surface area contributed by atoms with Crippen molar-refractivity contribution in [2.45, 2.75) is 86.5 Å². The Morgan fingerprint density at radius 1 is 0.667 bits per heavy atom. The molecule has 0 bridgehead atoms. The lowest BCUT2D eigenvalue weighted by Gasteiger charge is -2.48. The van der Waals surface area contributed by atoms with Crippen LogP contribution in [0.25, 0.3) is 0 Å². The van der Waals surface area contributed by atoms with Gasteiger partial charge >= 0.3 is 0 Å². The van der Waals surface area contributed by atoms with Crippen LogP contribution in [0.15, 0.2) is 0 Å². The third kappa shape index (κ3) is 3.50. The molecule has 2 saturated carbocycles. The highest BCUT2D eigenvalue weighted by Crippen LogP contribution is 2.55. The van der Waals surface area contributed by atoms with Crippen molar-refractivity contribution in [3.05, 3.63) is 0 Å². The topological polar surface area (TPSA) is 0 Å². The zero-order valence-electron chi connectivity index (χ0n) is 15.6. The molecule has 2 aliphatic rings. The van der Waals surface area contributed by atoms with Crippen LogP contribution < -0.4 is 0 Å². The van der Waals surface area contributed by atoms with Crippen LogP contribution in [-0.4, -0.2) is 0 Å². The average Bonchev–Trinajstić information content (AvgIpc) is 2.88. The van der Waals surface area contributed by atoms with Crippen LogP contribution >= 0.6 is 0 Å². The Morgan fingerprint density at radius 3 is 1.43 bits per heavy atom. The number of hydrogen-bond acceptors (Lipinski definition) is 0. The van der Waals surface area contributed by atoms with Crippen LogP contribution in [0.1, 0.15) is 86.5 Å². The second-order valence-electron chi connectivity index (χ2n) is 8.82. The highest BCUT2D eigenvalue weighted by molar-refractivity contribution is 4.96. The summed E-state index contributed by atoms with van der Waals surface area (Å²) in [5.41, 5.74) is 0. The van der Waals surface area contributed by atoms with Gasteiger partial charge in [0.15, 0.2) is 0 Å². The van der Waals surface area contributed by atoms with Gasteiger partial charge in [0, 0.05) is 0 Å². The van der Waals surface area contributed by atoms with Gasteiger partial charge in [0.25, 0.3) is 0 Å². The molecule has 124 valence electrons. The van der Waals surface area contributed by atoms with Gasteiger partial charge in [0.2, 0.25) is 0 Å². The van der Waals surface area contributed by atoms with Crippen molar-refractivity contribution >= 4 is 0 Å². The first-order chi connectivity index (χ1) is 10.0. The summed E-state index contributed by atoms with van der Waals surface area (Å²) in [4.78, 5) is 0. The standard InChI is InChI=1S/C21H40/c1-7-16-12-13-17(8-2)20(16)21-18(14(3)4)10-9-11-19(21)15(5)6/h14-21H,7-13H2,1-6H3. The van der Waals surface area contributed by atoms with E-state index in [4.69, 9.17) is 0 Å². The van der Waals surface area contributed by atoms with Crippen molar-refractivity contribution in [1.82, 2.24) is 0 Å². The Kier molecular flexibility index (Phi) is 6.21. The van der Waals surface area contributed by atoms with Gasteiger partial charge in [-0.2, -0.15) is 0 Å². The Bertz CT molecular complexity index is 275. The minimum absolute atomic E-state index is 0.882. The van der Waals surface area contributed by atoms with E-state index in [0.717, 1.165) is 47.3 Å². The van der Waals surface area contributed by atoms with Crippen LogP contribution in [0.2, 0.25) is 0 Å². The molecule has 4 unspecified atom stereocenters. The quantitative estimate of drug-likeness (QED) is 0.523. The van der Waals surface area contributed by atoms with E-state index < -0.39 is 0 Å². The number of rotatable bonds is 5. The lowest BCUT2D eigenvalue weighted by atomic mass is 9.57. The molecule has 0 heterocycles. The molecular weight excluding hydrogens is 252 g/mol. The molecule has 0 radical (unpaired) electrons. The minimum Gasteiger partial charge on any atom is -0.0651 e. The van der Waals surface area contributed by atoms with E-state index in [0.29, 0.717) is 0 Å². The lowest BCUT2D eigenvalue weighted by Crippen LogP contribution is -2.42. The van der Waals surface area contributed by atoms with E-state index in [1.165, 1.54) is 44.9 Å². The monoisotopic (exact) mass is 292 g/mol. The fourth-order valence-electron chi connectivity index (χ4n) is 6.20. The maximum Gasteiger partial charge on any atom is -0.0319 e. The van der Waals surface area contributed by atoms with E-state index >= 15 is 0 Å². The normalized spacial score (nSPS) is 41.1. The molecule has 0 aromatic rings. The summed E-state index contributed by atoms with van der Waals surface area (Å²) >= 11 is 0. The SMILES string of the molecule is CCC1CCC(CC)C1C1C(C(C)C)CCCC1C(C)C. The second-order valence-corrected chi connectivity index (χ2v) is 8.82. The summed E-state index contributed by atoms with van der Waals surface area (Å²) in [7, 11) is 0. The van der Waals surface area contributed by atoms with E-state index in [2.05, 4.69) is 41.5 Å². The molecule has 0 aromatic carbocycles. The first-order valence-corrected chi connectivity index (χ1v) is 10.0. The van der Waals surface area contributed by atoms with E-state index in [9.17, 15) is 0 Å². The molecule has 4 atom stereocenters. The molecule has 0 heteroatoms. The molecule has 0 spiro atoms. The van der Waals surface area contributed by atoms with Crippen molar-refractivity contribution in [3.63, 3.8) is 0 Å². The van der Waals surface area contributed by atoms with Crippen molar-refractivity contribution in [2.75, 3.05) is 0 Å². The van der Waals surface area contributed by atoms with Gasteiger partial charge in [-0.25, -0.2) is 0 Å². The average molecular weight is 293 g/mol. The lowest BCUT2D eigenvalue weighted by molar-refractivity contribution is 0.00227. The molecule has 0 nitrogen and oxygen atoms in total. The molecule has 0 aromatic heterocycles. The molecule has 0 N–H and O–H groups in total. The van der Waals surface area contributed by atoms with E-state index in [1.54, 1.807) is 0 Å². The molecule has 2 rings (SSSR count). The third-order valence-corrected chi connectivity index (χ3v) is 7.27. The van der Waals surface area contributed by atoms with Gasteiger partial charge in [-0.3, -0.25) is 0 Å². The highest BCUT2D eigenvalue weighted by Gasteiger charge is 2.47. The zero-order chi connectivity index (χ0) is 15.6. The summed E-state index contributed by atoms with van der Waals surface area (Å²) in [6.07, 6.45) is 10.4. The van der Waals surface area contributed by atoms with E-state index in [1.807, 2.05) is 0 Å². The van der Waals surface area contributed by atoms with Gasteiger partial charge in [-0.15, -0.1) is 0 Å². The van der Waals surface area contributed by atoms with Crippen molar-refractivity contribution in [3.8, 4) is 0 Å². The van der Waals surface area contributed by atoms with Crippen LogP contribution in [-0.2, 0) is 0 Å². The van der Waals surface area contributed by atoms with Gasteiger partial charge in [0.1, 0.15) is 0 Å². The highest BCUT2D eigenvalue weighted by atomic mass is 14.5. The van der Waals surface area contributed by atoms with Crippen LogP contribution in [0, 0.1) is 47.3 Å². The first kappa shape index (κ1) is 17.4. The predicted molar refractivity (Wildman–Crippen MR) is 94.3 cm³/mol. The Labute approximate surface area is 134 Å². The van der Waals surface area contributed by atoms with Crippen molar-refractivity contribution in [2.24, 2.45) is 47.3 Å². The summed E-state index contributed by atoms with van der Waals surface area (Å²) in [5, 5.41) is 0. The van der Waals surface area contributed by atoms with Crippen LogP contribution in [0.3, 0.4) is 0 Å². The van der Waals surface area contributed by atoms with Crippen LogP contribution in [0.5, 0.6) is 0 Å². The molecule has 21 heavy (non-hydrogen) atoms. The van der Waals surface area contributed by atoms with Gasteiger partial charge in [0.05, 0.1) is 0 Å². The van der Waals surface area contributed by atoms with Crippen molar-refractivity contribution < 1.29 is 0 Å². The molecule has 2 aliphatic carbocycles. The largest absolute Gasteiger partial charge is 0.0651 e. The molecule has 0 saturated heterocycles. The van der Waals surface area contributed by atoms with Crippen molar-refractivity contribution in [1.29, 1.82) is 0 Å². The molecule has 2 fully saturated rings. The fraction of sp³-hybridized carbons (Fsp3) is 1.00. The van der Waals surface area contributed by atoms with Gasteiger partial charge < -0.3 is 0 Å². The number of hydrogen-bond donors (Lipinski definition) is 0. The maximum atomic E-state index is 2.50. The first-order valence-electron chi connectivity index (χ1n) is 10.0. The molecule has 0 aliphatic heterocycles. The molecular formula is C21H40. The van der Waals surface area contributed by atoms with E-state index in [-0.39, 0.29) is 0 Å². The molecule has 0 amide bonds. The summed E-state index contributed by atoms with van der Waals surface area (Å²) in [5.74, 6) is 7.88. The summed E-state index contributed by atoms with van der Waals surface area (Å²) < 4.78 is 0. The maximum absolute atomic E-state index is 2.50. The zero-order valence-corrected chi connectivity index (χ0v) is 15.6. The fourth-order valence-corrected chi connectivity index (χ4v) is 6.20.